The van der Waals surface area contributed by atoms with Gasteiger partial charge in [-0.15, -0.1) is 0 Å². The van der Waals surface area contributed by atoms with Crippen molar-refractivity contribution < 1.29 is 73.8 Å². The summed E-state index contributed by atoms with van der Waals surface area (Å²) in [6.07, 6.45) is 0. The summed E-state index contributed by atoms with van der Waals surface area (Å²) in [5.74, 6) is 0. The second kappa shape index (κ2) is 8.69. The van der Waals surface area contributed by atoms with Crippen LogP contribution in [0.4, 0.5) is 0 Å². The van der Waals surface area contributed by atoms with E-state index in [0.29, 0.717) is 0 Å². The van der Waals surface area contributed by atoms with Crippen molar-refractivity contribution in [2.45, 2.75) is 0 Å². The maximum Gasteiger partial charge on any atom is 2.00 e. The van der Waals surface area contributed by atoms with Crippen LogP contribution in [0.25, 0.3) is 0 Å². The van der Waals surface area contributed by atoms with Gasteiger partial charge in [-0.2, -0.15) is 7.82 Å². The van der Waals surface area contributed by atoms with E-state index >= 15 is 0 Å². The smallest absolute Gasteiger partial charge is 0.822 e. The molecule has 8 heavy (non-hydrogen) atoms. The molecule has 0 aliphatic heterocycles. The van der Waals surface area contributed by atoms with Crippen LogP contribution in [0, 0.1) is 0 Å². The first-order chi connectivity index (χ1) is 2.00. The molecule has 0 fully saturated rings. The predicted molar refractivity (Wildman–Crippen MR) is 11.2 cm³/mol. The maximum atomic E-state index is 8.55. The van der Waals surface area contributed by atoms with Crippen molar-refractivity contribution in [3.05, 3.63) is 0 Å². The summed E-state index contributed by atoms with van der Waals surface area (Å²) in [6.45, 7) is 0. The zero-order valence-electron chi connectivity index (χ0n) is 4.29. The van der Waals surface area contributed by atoms with Crippen LogP contribution in [-0.2, 0) is 24.0 Å². The topological polar surface area (TPSA) is 118 Å². The molecule has 0 rings (SSSR count). The molecule has 0 atom stereocenters. The Labute approximate surface area is 81.1 Å². The molecule has 0 aromatic heterocycles. The first-order valence-electron chi connectivity index (χ1n) is 0.730. The van der Waals surface area contributed by atoms with E-state index in [4.69, 9.17) is 19.2 Å². The van der Waals surface area contributed by atoms with Gasteiger partial charge in [-0.3, -0.25) is 0 Å². The van der Waals surface area contributed by atoms with E-state index in [2.05, 4.69) is 0 Å². The zero-order valence-corrected chi connectivity index (χ0v) is 10.1. The molecule has 0 aromatic rings. The molecule has 0 saturated carbocycles. The van der Waals surface area contributed by atoms with Gasteiger partial charge in [-0.1, -0.05) is 0 Å². The van der Waals surface area contributed by atoms with Gasteiger partial charge in [-0.25, -0.2) is 0 Å². The van der Waals surface area contributed by atoms with Crippen molar-refractivity contribution >= 4 is 7.82 Å². The van der Waals surface area contributed by atoms with E-state index < -0.39 is 7.82 Å². The van der Waals surface area contributed by atoms with Crippen molar-refractivity contribution in [3.63, 3.8) is 0 Å². The molecule has 0 spiro atoms. The Bertz CT molecular complexity index is 58.6. The van der Waals surface area contributed by atoms with Gasteiger partial charge in [0.2, 0.25) is 0 Å². The molecule has 0 radical (unpaired) electrons. The van der Waals surface area contributed by atoms with E-state index in [-0.39, 0.29) is 54.5 Å². The van der Waals surface area contributed by atoms with Gasteiger partial charge in [0.05, 0.1) is 0 Å². The summed E-state index contributed by atoms with van der Waals surface area (Å²) >= 11 is 0. The first kappa shape index (κ1) is 22.6. The summed E-state index contributed by atoms with van der Waals surface area (Å²) < 4.78 is 8.55. The Morgan fingerprint density at radius 1 is 1.12 bits per heavy atom. The third-order valence-corrected chi connectivity index (χ3v) is 0. The van der Waals surface area contributed by atoms with Crippen molar-refractivity contribution in [2.24, 2.45) is 0 Å². The van der Waals surface area contributed by atoms with Crippen molar-refractivity contribution in [1.82, 2.24) is 0 Å². The Balaban J connectivity index is -0.0000000267. The summed E-state index contributed by atoms with van der Waals surface area (Å²) in [6, 6.07) is 0. The molecule has 0 saturated heterocycles. The second-order valence-corrected chi connectivity index (χ2v) is 1.34. The molecule has 5 nitrogen and oxygen atoms in total. The quantitative estimate of drug-likeness (QED) is 0.286. The molecular formula is H2NaO5PZn. The molecule has 0 unspecified atom stereocenters. The van der Waals surface area contributed by atoms with Crippen LogP contribution in [0.2, 0.25) is 0 Å². The van der Waals surface area contributed by atoms with E-state index in [9.17, 15) is 0 Å². The van der Waals surface area contributed by atoms with E-state index in [0.717, 1.165) is 0 Å². The monoisotopic (exact) mass is 200 g/mol. The van der Waals surface area contributed by atoms with Crippen LogP contribution in [0.5, 0.6) is 0 Å². The maximum absolute atomic E-state index is 8.55. The summed E-state index contributed by atoms with van der Waals surface area (Å²) in [5.41, 5.74) is 0. The Morgan fingerprint density at radius 3 is 1.12 bits per heavy atom. The minimum atomic E-state index is -5.39. The molecule has 2 N–H and O–H groups in total. The third-order valence-electron chi connectivity index (χ3n) is 0. The zero-order chi connectivity index (χ0) is 4.50. The number of hydrogen-bond acceptors (Lipinski definition) is 4. The fraction of sp³-hybridized carbons (Fsp3) is 0. The van der Waals surface area contributed by atoms with Crippen LogP contribution < -0.4 is 44.2 Å². The van der Waals surface area contributed by atoms with Gasteiger partial charge in [0.1, 0.15) is 0 Å². The Morgan fingerprint density at radius 2 is 1.12 bits per heavy atom. The minimum Gasteiger partial charge on any atom is -0.822 e. The van der Waals surface area contributed by atoms with E-state index in [1.54, 1.807) is 0 Å². The average molecular weight is 201 g/mol. The third kappa shape index (κ3) is 120. The number of rotatable bonds is 0. The van der Waals surface area contributed by atoms with E-state index in [1.165, 1.54) is 0 Å². The molecule has 0 aliphatic rings. The van der Waals surface area contributed by atoms with Crippen LogP contribution in [-0.4, -0.2) is 5.48 Å². The number of hydrogen-bond donors (Lipinski definition) is 0. The summed E-state index contributed by atoms with van der Waals surface area (Å²) in [4.78, 5) is 25.6. The summed E-state index contributed by atoms with van der Waals surface area (Å²) in [5, 5.41) is 0. The molecule has 40 valence electrons. The molecule has 0 bridgehead atoms. The molecule has 0 amide bonds. The standard InChI is InChI=1S/Na.H3O4P.H2O.Zn/c;1-5(2,3)4;;/h;(H3,1,2,3,4);1H2;/q+1;;;+2/p-3. The molecule has 0 heterocycles. The first-order valence-corrected chi connectivity index (χ1v) is 2.19. The van der Waals surface area contributed by atoms with Gasteiger partial charge in [0.25, 0.3) is 0 Å². The Kier molecular flexibility index (Phi) is 24.6. The van der Waals surface area contributed by atoms with Crippen LogP contribution in [0.3, 0.4) is 0 Å². The van der Waals surface area contributed by atoms with Crippen LogP contribution in [0.15, 0.2) is 0 Å². The fourth-order valence-corrected chi connectivity index (χ4v) is 0. The molecule has 0 aliphatic carbocycles. The van der Waals surface area contributed by atoms with Gasteiger partial charge in [0.15, 0.2) is 0 Å². The minimum absolute atomic E-state index is 0. The van der Waals surface area contributed by atoms with Crippen molar-refractivity contribution in [2.75, 3.05) is 0 Å². The van der Waals surface area contributed by atoms with Crippen LogP contribution in [0.1, 0.15) is 0 Å². The number of phosphoric acid groups is 1. The predicted octanol–water partition coefficient (Wildman–Crippen LogP) is -6.65. The second-order valence-electron chi connectivity index (χ2n) is 0.447. The Hall–Kier alpha value is 1.69. The molecule has 8 heteroatoms. The largest absolute Gasteiger partial charge is 2.00 e. The van der Waals surface area contributed by atoms with Gasteiger partial charge in [0, 0.05) is 0 Å². The van der Waals surface area contributed by atoms with Gasteiger partial charge >= 0.3 is 49.0 Å². The van der Waals surface area contributed by atoms with Gasteiger partial charge in [-0.05, 0) is 0 Å². The van der Waals surface area contributed by atoms with E-state index in [1.807, 2.05) is 0 Å². The van der Waals surface area contributed by atoms with Crippen LogP contribution >= 0.6 is 7.82 Å². The normalized spacial score (nSPS) is 7.38. The van der Waals surface area contributed by atoms with Crippen molar-refractivity contribution in [3.8, 4) is 0 Å². The van der Waals surface area contributed by atoms with Gasteiger partial charge < -0.3 is 24.7 Å². The fourth-order valence-electron chi connectivity index (χ4n) is 0. The average Bonchev–Trinajstić information content (AvgIpc) is 0.722. The molecule has 0 aromatic carbocycles. The molecular weight excluding hydrogens is 199 g/mol. The SMILES string of the molecule is O.O=P([O-])([O-])[O-].[Na+].[Zn+2]. The van der Waals surface area contributed by atoms with Crippen molar-refractivity contribution in [1.29, 1.82) is 0 Å². The summed E-state index contributed by atoms with van der Waals surface area (Å²) in [7, 11) is -5.39.